The van der Waals surface area contributed by atoms with Crippen molar-refractivity contribution in [3.05, 3.63) is 35.4 Å². The first-order chi connectivity index (χ1) is 15.7. The fourth-order valence-electron chi connectivity index (χ4n) is 3.79. The smallest absolute Gasteiger partial charge is 0.317 e. The van der Waals surface area contributed by atoms with Crippen LogP contribution in [0.4, 0.5) is 0 Å². The number of carboxylic acid groups (broad SMARTS) is 3. The van der Waals surface area contributed by atoms with Crippen LogP contribution in [0.25, 0.3) is 0 Å². The van der Waals surface area contributed by atoms with Gasteiger partial charge in [-0.05, 0) is 11.1 Å². The molecule has 10 nitrogen and oxygen atoms in total. The summed E-state index contributed by atoms with van der Waals surface area (Å²) in [4.78, 5) is 41.5. The van der Waals surface area contributed by atoms with Crippen molar-refractivity contribution in [1.29, 1.82) is 0 Å². The topological polar surface area (TPSA) is 125 Å². The molecule has 184 valence electrons. The number of benzene rings is 1. The minimum atomic E-state index is -0.966. The van der Waals surface area contributed by atoms with Crippen LogP contribution in [0.15, 0.2) is 24.3 Å². The van der Waals surface area contributed by atoms with E-state index in [0.29, 0.717) is 64.7 Å². The van der Waals surface area contributed by atoms with Gasteiger partial charge in [0.1, 0.15) is 0 Å². The standard InChI is InChI=1S/C22H34N4O6S/c27-20(28)14-24-7-5-23(13-18-1-3-19(17-33)4-2-18)6-8-25(15-21(29)30)10-12-26(11-9-24)16-22(31)32/h1-4,33H,5-17H2,(H,27,28)(H,29,30)(H,31,32). The van der Waals surface area contributed by atoms with Crippen LogP contribution in [-0.4, -0.2) is 125 Å². The lowest BCUT2D eigenvalue weighted by molar-refractivity contribution is -0.140. The van der Waals surface area contributed by atoms with Gasteiger partial charge < -0.3 is 15.3 Å². The van der Waals surface area contributed by atoms with Gasteiger partial charge in [-0.2, -0.15) is 12.6 Å². The monoisotopic (exact) mass is 482 g/mol. The van der Waals surface area contributed by atoms with Crippen molar-refractivity contribution in [2.45, 2.75) is 12.3 Å². The van der Waals surface area contributed by atoms with Gasteiger partial charge in [-0.15, -0.1) is 0 Å². The van der Waals surface area contributed by atoms with Gasteiger partial charge in [-0.3, -0.25) is 34.0 Å². The number of rotatable bonds is 9. The Morgan fingerprint density at radius 2 is 0.909 bits per heavy atom. The molecular weight excluding hydrogens is 448 g/mol. The van der Waals surface area contributed by atoms with Crippen molar-refractivity contribution in [1.82, 2.24) is 19.6 Å². The van der Waals surface area contributed by atoms with E-state index in [-0.39, 0.29) is 19.6 Å². The van der Waals surface area contributed by atoms with Crippen molar-refractivity contribution in [3.63, 3.8) is 0 Å². The second kappa shape index (κ2) is 14.2. The SMILES string of the molecule is O=C(O)CN1CCN(CC(=O)O)CCN(Cc2ccc(CS)cc2)CCN(CC(=O)O)CC1. The van der Waals surface area contributed by atoms with Gasteiger partial charge in [0, 0.05) is 64.7 Å². The Bertz CT molecular complexity index is 747. The predicted molar refractivity (Wildman–Crippen MR) is 127 cm³/mol. The molecule has 11 heteroatoms. The molecule has 0 spiro atoms. The van der Waals surface area contributed by atoms with Gasteiger partial charge in [0.2, 0.25) is 0 Å². The van der Waals surface area contributed by atoms with Gasteiger partial charge in [-0.1, -0.05) is 24.3 Å². The summed E-state index contributed by atoms with van der Waals surface area (Å²) >= 11 is 4.29. The number of carboxylic acids is 3. The first kappa shape index (κ1) is 27.1. The zero-order chi connectivity index (χ0) is 24.2. The van der Waals surface area contributed by atoms with Crippen molar-refractivity contribution in [2.75, 3.05) is 72.0 Å². The van der Waals surface area contributed by atoms with E-state index in [1.165, 1.54) is 0 Å². The number of hydrogen-bond acceptors (Lipinski definition) is 8. The molecule has 33 heavy (non-hydrogen) atoms. The van der Waals surface area contributed by atoms with Crippen LogP contribution in [0.5, 0.6) is 0 Å². The second-order valence-corrected chi connectivity index (χ2v) is 8.58. The summed E-state index contributed by atoms with van der Waals surface area (Å²) in [5, 5.41) is 27.8. The third-order valence-electron chi connectivity index (χ3n) is 5.62. The van der Waals surface area contributed by atoms with E-state index >= 15 is 0 Å². The van der Waals surface area contributed by atoms with Gasteiger partial charge >= 0.3 is 17.9 Å². The molecule has 2 rings (SSSR count). The Kier molecular flexibility index (Phi) is 11.6. The van der Waals surface area contributed by atoms with Crippen LogP contribution in [0.3, 0.4) is 0 Å². The largest absolute Gasteiger partial charge is 0.480 e. The first-order valence-corrected chi connectivity index (χ1v) is 11.6. The summed E-state index contributed by atoms with van der Waals surface area (Å²) in [6.45, 7) is 4.15. The molecule has 0 unspecified atom stereocenters. The van der Waals surface area contributed by atoms with Gasteiger partial charge in [0.05, 0.1) is 19.6 Å². The lowest BCUT2D eigenvalue weighted by Gasteiger charge is -2.33. The maximum Gasteiger partial charge on any atom is 0.317 e. The highest BCUT2D eigenvalue weighted by atomic mass is 32.1. The lowest BCUT2D eigenvalue weighted by Crippen LogP contribution is -2.48. The summed E-state index contributed by atoms with van der Waals surface area (Å²) < 4.78 is 0. The summed E-state index contributed by atoms with van der Waals surface area (Å²) in [6, 6.07) is 8.16. The summed E-state index contributed by atoms with van der Waals surface area (Å²) in [5.74, 6) is -2.15. The van der Waals surface area contributed by atoms with Crippen molar-refractivity contribution >= 4 is 30.5 Å². The molecule has 0 amide bonds. The van der Waals surface area contributed by atoms with E-state index in [9.17, 15) is 29.7 Å². The number of aliphatic carboxylic acids is 3. The van der Waals surface area contributed by atoms with E-state index in [1.54, 1.807) is 4.90 Å². The van der Waals surface area contributed by atoms with E-state index in [4.69, 9.17) is 0 Å². The van der Waals surface area contributed by atoms with E-state index in [2.05, 4.69) is 29.7 Å². The van der Waals surface area contributed by atoms with E-state index in [0.717, 1.165) is 11.1 Å². The van der Waals surface area contributed by atoms with Crippen LogP contribution in [0.2, 0.25) is 0 Å². The lowest BCUT2D eigenvalue weighted by atomic mass is 10.1. The molecule has 1 saturated heterocycles. The maximum absolute atomic E-state index is 11.3. The highest BCUT2D eigenvalue weighted by Crippen LogP contribution is 2.10. The van der Waals surface area contributed by atoms with E-state index in [1.807, 2.05) is 21.9 Å². The van der Waals surface area contributed by atoms with E-state index < -0.39 is 17.9 Å². The number of thiol groups is 1. The third-order valence-corrected chi connectivity index (χ3v) is 5.98. The Hall–Kier alpha value is -2.18. The van der Waals surface area contributed by atoms with Crippen molar-refractivity contribution in [2.24, 2.45) is 0 Å². The second-order valence-electron chi connectivity index (χ2n) is 8.26. The van der Waals surface area contributed by atoms with Crippen molar-refractivity contribution in [3.8, 4) is 0 Å². The molecule has 0 atom stereocenters. The molecule has 3 N–H and O–H groups in total. The predicted octanol–water partition coefficient (Wildman–Crippen LogP) is 0.0918. The molecule has 1 aromatic rings. The Morgan fingerprint density at radius 1 is 0.606 bits per heavy atom. The van der Waals surface area contributed by atoms with Crippen LogP contribution in [0.1, 0.15) is 11.1 Å². The number of carbonyl (C=O) groups is 3. The quantitative estimate of drug-likeness (QED) is 0.360. The highest BCUT2D eigenvalue weighted by Gasteiger charge is 2.20. The summed E-state index contributed by atoms with van der Waals surface area (Å²) in [5.41, 5.74) is 2.25. The molecule has 1 aliphatic heterocycles. The molecule has 1 aliphatic rings. The Morgan fingerprint density at radius 3 is 1.21 bits per heavy atom. The fourth-order valence-corrected chi connectivity index (χ4v) is 4.00. The highest BCUT2D eigenvalue weighted by molar-refractivity contribution is 7.79. The van der Waals surface area contributed by atoms with Gasteiger partial charge in [-0.25, -0.2) is 0 Å². The fraction of sp³-hybridized carbons (Fsp3) is 0.591. The van der Waals surface area contributed by atoms with Crippen LogP contribution < -0.4 is 0 Å². The number of hydrogen-bond donors (Lipinski definition) is 4. The molecule has 1 aromatic carbocycles. The average molecular weight is 483 g/mol. The first-order valence-electron chi connectivity index (χ1n) is 11.0. The normalized spacial score (nSPS) is 18.3. The van der Waals surface area contributed by atoms with Crippen LogP contribution in [0, 0.1) is 0 Å². The molecule has 1 fully saturated rings. The molecule has 0 aromatic heterocycles. The Labute approximate surface area is 199 Å². The Balaban J connectivity index is 2.15. The average Bonchev–Trinajstić information content (AvgIpc) is 2.75. The maximum atomic E-state index is 11.3. The van der Waals surface area contributed by atoms with Gasteiger partial charge in [0.15, 0.2) is 0 Å². The third kappa shape index (κ3) is 11.0. The van der Waals surface area contributed by atoms with Crippen LogP contribution >= 0.6 is 12.6 Å². The van der Waals surface area contributed by atoms with Crippen LogP contribution in [-0.2, 0) is 26.7 Å². The summed E-state index contributed by atoms with van der Waals surface area (Å²) in [6.07, 6.45) is 0. The number of nitrogens with zero attached hydrogens (tertiary/aromatic N) is 4. The molecule has 0 saturated carbocycles. The minimum Gasteiger partial charge on any atom is -0.480 e. The van der Waals surface area contributed by atoms with Gasteiger partial charge in [0.25, 0.3) is 0 Å². The zero-order valence-corrected chi connectivity index (χ0v) is 19.7. The molecule has 0 radical (unpaired) electrons. The molecule has 0 aliphatic carbocycles. The molecule has 0 bridgehead atoms. The summed E-state index contributed by atoms with van der Waals surface area (Å²) in [7, 11) is 0. The van der Waals surface area contributed by atoms with Crippen molar-refractivity contribution < 1.29 is 29.7 Å². The minimum absolute atomic E-state index is 0.115. The molecular formula is C22H34N4O6S. The zero-order valence-electron chi connectivity index (χ0n) is 18.8. The molecule has 1 heterocycles.